The zero-order chi connectivity index (χ0) is 20.7. The molecular formula is C22H25F3N2O2. The third kappa shape index (κ3) is 6.30. The average Bonchev–Trinajstić information content (AvgIpc) is 2.74. The molecule has 1 N–H and O–H groups in total. The number of carbonyl (C=O) groups excluding carboxylic acids is 1. The van der Waals surface area contributed by atoms with Crippen LogP contribution in [0.3, 0.4) is 0 Å². The Hall–Kier alpha value is -2.38. The van der Waals surface area contributed by atoms with Gasteiger partial charge in [-0.3, -0.25) is 9.69 Å². The van der Waals surface area contributed by atoms with Gasteiger partial charge in [-0.2, -0.15) is 13.2 Å². The van der Waals surface area contributed by atoms with Crippen LogP contribution in [0.4, 0.5) is 13.2 Å². The minimum atomic E-state index is -4.45. The molecule has 1 aliphatic rings. The van der Waals surface area contributed by atoms with E-state index in [0.29, 0.717) is 13.2 Å². The number of hydrogen-bond donors (Lipinski definition) is 1. The Morgan fingerprint density at radius 2 is 1.90 bits per heavy atom. The van der Waals surface area contributed by atoms with E-state index in [1.165, 1.54) is 17.7 Å². The minimum Gasteiger partial charge on any atom is -0.371 e. The fourth-order valence-corrected chi connectivity index (χ4v) is 3.38. The van der Waals surface area contributed by atoms with E-state index in [9.17, 15) is 18.0 Å². The lowest BCUT2D eigenvalue weighted by Crippen LogP contribution is -2.39. The molecule has 0 bridgehead atoms. The smallest absolute Gasteiger partial charge is 0.371 e. The van der Waals surface area contributed by atoms with E-state index in [4.69, 9.17) is 4.74 Å². The van der Waals surface area contributed by atoms with Crippen LogP contribution in [-0.4, -0.2) is 43.6 Å². The van der Waals surface area contributed by atoms with E-state index in [0.717, 1.165) is 44.6 Å². The number of morpholine rings is 1. The number of nitrogens with zero attached hydrogens (tertiary/aromatic N) is 1. The van der Waals surface area contributed by atoms with Crippen LogP contribution in [0, 0.1) is 0 Å². The molecule has 1 saturated heterocycles. The number of rotatable bonds is 7. The van der Waals surface area contributed by atoms with Crippen LogP contribution in [0.2, 0.25) is 0 Å². The van der Waals surface area contributed by atoms with E-state index >= 15 is 0 Å². The maximum atomic E-state index is 12.8. The van der Waals surface area contributed by atoms with Gasteiger partial charge < -0.3 is 10.1 Å². The van der Waals surface area contributed by atoms with Crippen molar-refractivity contribution in [1.82, 2.24) is 10.2 Å². The van der Waals surface area contributed by atoms with Crippen molar-refractivity contribution in [1.29, 1.82) is 0 Å². The number of benzene rings is 2. The van der Waals surface area contributed by atoms with Crippen molar-refractivity contribution in [2.45, 2.75) is 25.1 Å². The number of nitrogens with one attached hydrogen (secondary N) is 1. The number of unbranched alkanes of at least 4 members (excludes halogenated alkanes) is 1. The maximum absolute atomic E-state index is 12.8. The summed E-state index contributed by atoms with van der Waals surface area (Å²) in [7, 11) is 0. The Morgan fingerprint density at radius 3 is 2.66 bits per heavy atom. The van der Waals surface area contributed by atoms with Crippen molar-refractivity contribution in [2.75, 3.05) is 32.8 Å². The Labute approximate surface area is 168 Å². The van der Waals surface area contributed by atoms with E-state index < -0.39 is 17.6 Å². The fourth-order valence-electron chi connectivity index (χ4n) is 3.38. The Bertz CT molecular complexity index is 796. The first-order valence-electron chi connectivity index (χ1n) is 9.78. The van der Waals surface area contributed by atoms with Crippen LogP contribution >= 0.6 is 0 Å². The predicted octanol–water partition coefficient (Wildman–Crippen LogP) is 4.29. The van der Waals surface area contributed by atoms with Gasteiger partial charge in [-0.25, -0.2) is 0 Å². The van der Waals surface area contributed by atoms with E-state index in [-0.39, 0.29) is 11.7 Å². The summed E-state index contributed by atoms with van der Waals surface area (Å²) in [5.41, 5.74) is 0.384. The molecule has 1 amide bonds. The number of halogens is 3. The highest BCUT2D eigenvalue weighted by Crippen LogP contribution is 2.29. The van der Waals surface area contributed by atoms with Crippen molar-refractivity contribution in [3.05, 3.63) is 71.3 Å². The van der Waals surface area contributed by atoms with Gasteiger partial charge in [-0.15, -0.1) is 0 Å². The van der Waals surface area contributed by atoms with Gasteiger partial charge in [0.1, 0.15) is 0 Å². The van der Waals surface area contributed by atoms with Gasteiger partial charge in [0.05, 0.1) is 18.3 Å². The molecule has 1 heterocycles. The second-order valence-electron chi connectivity index (χ2n) is 7.11. The summed E-state index contributed by atoms with van der Waals surface area (Å²) in [4.78, 5) is 14.4. The molecule has 2 aromatic rings. The summed E-state index contributed by atoms with van der Waals surface area (Å²) in [5.74, 6) is -0.480. The summed E-state index contributed by atoms with van der Waals surface area (Å²) in [6, 6.07) is 14.6. The summed E-state index contributed by atoms with van der Waals surface area (Å²) in [6.45, 7) is 3.72. The van der Waals surface area contributed by atoms with E-state index in [2.05, 4.69) is 22.3 Å². The minimum absolute atomic E-state index is 0.0266. The van der Waals surface area contributed by atoms with E-state index in [1.54, 1.807) is 0 Å². The molecule has 3 rings (SSSR count). The zero-order valence-corrected chi connectivity index (χ0v) is 16.1. The molecule has 0 spiro atoms. The third-order valence-electron chi connectivity index (χ3n) is 4.96. The molecule has 7 heteroatoms. The molecule has 1 aliphatic heterocycles. The summed E-state index contributed by atoms with van der Waals surface area (Å²) in [5, 5.41) is 2.70. The van der Waals surface area contributed by atoms with Crippen molar-refractivity contribution in [2.24, 2.45) is 0 Å². The molecule has 29 heavy (non-hydrogen) atoms. The monoisotopic (exact) mass is 406 g/mol. The number of carbonyl (C=O) groups is 1. The zero-order valence-electron chi connectivity index (χ0n) is 16.1. The molecular weight excluding hydrogens is 381 g/mol. The quantitative estimate of drug-likeness (QED) is 0.698. The van der Waals surface area contributed by atoms with Crippen LogP contribution in [0.25, 0.3) is 0 Å². The normalized spacial score (nSPS) is 17.8. The number of hydrogen-bond acceptors (Lipinski definition) is 3. The molecule has 1 atom stereocenters. The summed E-state index contributed by atoms with van der Waals surface area (Å²) >= 11 is 0. The highest BCUT2D eigenvalue weighted by molar-refractivity contribution is 5.94. The molecule has 0 aliphatic carbocycles. The fraction of sp³-hybridized carbons (Fsp3) is 0.409. The highest BCUT2D eigenvalue weighted by atomic mass is 19.4. The lowest BCUT2D eigenvalue weighted by atomic mass is 10.1. The molecule has 156 valence electrons. The molecule has 4 nitrogen and oxygen atoms in total. The van der Waals surface area contributed by atoms with E-state index in [1.807, 2.05) is 18.2 Å². The summed E-state index contributed by atoms with van der Waals surface area (Å²) in [6.07, 6.45) is -2.72. The molecule has 0 aromatic heterocycles. The van der Waals surface area contributed by atoms with Gasteiger partial charge in [-0.1, -0.05) is 36.4 Å². The maximum Gasteiger partial charge on any atom is 0.416 e. The van der Waals surface area contributed by atoms with Crippen LogP contribution in [0.1, 0.15) is 40.4 Å². The van der Waals surface area contributed by atoms with Crippen LogP contribution in [0.5, 0.6) is 0 Å². The van der Waals surface area contributed by atoms with Crippen molar-refractivity contribution in [3.63, 3.8) is 0 Å². The van der Waals surface area contributed by atoms with Gasteiger partial charge in [0.15, 0.2) is 0 Å². The Morgan fingerprint density at radius 1 is 1.10 bits per heavy atom. The third-order valence-corrected chi connectivity index (χ3v) is 4.96. The summed E-state index contributed by atoms with van der Waals surface area (Å²) < 4.78 is 44.1. The van der Waals surface area contributed by atoms with Gasteiger partial charge >= 0.3 is 6.18 Å². The lowest BCUT2D eigenvalue weighted by molar-refractivity contribution is -0.137. The number of ether oxygens (including phenoxy) is 1. The van der Waals surface area contributed by atoms with Crippen molar-refractivity contribution >= 4 is 5.91 Å². The second kappa shape index (κ2) is 9.89. The van der Waals surface area contributed by atoms with Crippen LogP contribution in [0.15, 0.2) is 54.6 Å². The van der Waals surface area contributed by atoms with Crippen molar-refractivity contribution < 1.29 is 22.7 Å². The molecule has 0 saturated carbocycles. The first kappa shape index (κ1) is 21.3. The first-order valence-corrected chi connectivity index (χ1v) is 9.78. The lowest BCUT2D eigenvalue weighted by Gasteiger charge is -2.33. The van der Waals surface area contributed by atoms with Crippen LogP contribution < -0.4 is 5.32 Å². The SMILES string of the molecule is O=C(NCCCCN1CCOC(c2ccccc2)C1)c1cccc(C(F)(F)F)c1. The largest absolute Gasteiger partial charge is 0.416 e. The topological polar surface area (TPSA) is 41.6 Å². The molecule has 0 radical (unpaired) electrons. The van der Waals surface area contributed by atoms with Gasteiger partial charge in [0.2, 0.25) is 0 Å². The number of amides is 1. The average molecular weight is 406 g/mol. The molecule has 2 aromatic carbocycles. The standard InChI is InChI=1S/C22H25F3N2O2/c23-22(24,25)19-10-6-9-18(15-19)21(28)26-11-4-5-12-27-13-14-29-20(16-27)17-7-2-1-3-8-17/h1-3,6-10,15,20H,4-5,11-14,16H2,(H,26,28). The van der Waals surface area contributed by atoms with Gasteiger partial charge in [0.25, 0.3) is 5.91 Å². The predicted molar refractivity (Wildman–Crippen MR) is 105 cm³/mol. The Balaban J connectivity index is 1.38. The second-order valence-corrected chi connectivity index (χ2v) is 7.11. The van der Waals surface area contributed by atoms with Gasteiger partial charge in [-0.05, 0) is 43.1 Å². The highest BCUT2D eigenvalue weighted by Gasteiger charge is 2.30. The van der Waals surface area contributed by atoms with Gasteiger partial charge in [0, 0.05) is 25.2 Å². The number of alkyl halides is 3. The first-order chi connectivity index (χ1) is 13.9. The Kier molecular flexibility index (Phi) is 7.28. The van der Waals surface area contributed by atoms with Crippen LogP contribution in [-0.2, 0) is 10.9 Å². The van der Waals surface area contributed by atoms with Crippen molar-refractivity contribution in [3.8, 4) is 0 Å². The molecule has 1 fully saturated rings. The molecule has 1 unspecified atom stereocenters.